The average Bonchev–Trinajstić information content (AvgIpc) is 3.23. The summed E-state index contributed by atoms with van der Waals surface area (Å²) in [6, 6.07) is 5.03. The van der Waals surface area contributed by atoms with E-state index in [9.17, 15) is 4.39 Å². The van der Waals surface area contributed by atoms with Gasteiger partial charge in [-0.1, -0.05) is 23.7 Å². The Hall–Kier alpha value is -1.55. The van der Waals surface area contributed by atoms with Crippen molar-refractivity contribution in [2.75, 3.05) is 20.6 Å². The highest BCUT2D eigenvalue weighted by Gasteiger charge is 2.42. The number of allylic oxidation sites excluding steroid dienone is 1. The van der Waals surface area contributed by atoms with Crippen molar-refractivity contribution >= 4 is 17.6 Å². The summed E-state index contributed by atoms with van der Waals surface area (Å²) in [5.74, 6) is 0.729. The largest absolute Gasteiger partial charge is 0.353 e. The van der Waals surface area contributed by atoms with Gasteiger partial charge in [0.2, 0.25) is 0 Å². The van der Waals surface area contributed by atoms with Crippen molar-refractivity contribution in [3.63, 3.8) is 0 Å². The van der Waals surface area contributed by atoms with E-state index in [0.29, 0.717) is 10.6 Å². The fourth-order valence-electron chi connectivity index (χ4n) is 2.63. The summed E-state index contributed by atoms with van der Waals surface area (Å²) in [5.41, 5.74) is 0.617. The Balaban J connectivity index is 1.93. The van der Waals surface area contributed by atoms with Crippen molar-refractivity contribution in [2.45, 2.75) is 31.2 Å². The SMILES string of the molecule is C=CCCCN(C)C(=NC)NC1CC1c1c(F)cccc1Cl. The van der Waals surface area contributed by atoms with Gasteiger partial charge in [0.05, 0.1) is 0 Å². The minimum absolute atomic E-state index is 0.118. The van der Waals surface area contributed by atoms with E-state index in [0.717, 1.165) is 31.8 Å². The molecule has 1 saturated carbocycles. The molecule has 22 heavy (non-hydrogen) atoms. The predicted molar refractivity (Wildman–Crippen MR) is 91.1 cm³/mol. The third-order valence-electron chi connectivity index (χ3n) is 3.95. The number of unbranched alkanes of at least 4 members (excludes halogenated alkanes) is 1. The van der Waals surface area contributed by atoms with Crippen LogP contribution in [0.5, 0.6) is 0 Å². The van der Waals surface area contributed by atoms with E-state index in [4.69, 9.17) is 11.6 Å². The number of hydrogen-bond donors (Lipinski definition) is 1. The van der Waals surface area contributed by atoms with Crippen LogP contribution >= 0.6 is 11.6 Å². The number of nitrogens with one attached hydrogen (secondary N) is 1. The number of benzene rings is 1. The molecule has 0 bridgehead atoms. The van der Waals surface area contributed by atoms with Crippen LogP contribution in [0, 0.1) is 5.82 Å². The molecule has 0 spiro atoms. The van der Waals surface area contributed by atoms with Crippen LogP contribution in [0.15, 0.2) is 35.8 Å². The molecule has 5 heteroatoms. The molecule has 0 heterocycles. The van der Waals surface area contributed by atoms with E-state index in [2.05, 4.69) is 21.8 Å². The Bertz CT molecular complexity index is 539. The first kappa shape index (κ1) is 16.8. The fraction of sp³-hybridized carbons (Fsp3) is 0.471. The van der Waals surface area contributed by atoms with Crippen molar-refractivity contribution in [1.82, 2.24) is 10.2 Å². The van der Waals surface area contributed by atoms with E-state index in [1.807, 2.05) is 13.1 Å². The van der Waals surface area contributed by atoms with Crippen LogP contribution in [0.2, 0.25) is 5.02 Å². The minimum atomic E-state index is -0.226. The maximum atomic E-state index is 13.9. The molecule has 2 unspecified atom stereocenters. The topological polar surface area (TPSA) is 27.6 Å². The zero-order valence-corrected chi connectivity index (χ0v) is 13.9. The lowest BCUT2D eigenvalue weighted by atomic mass is 10.1. The van der Waals surface area contributed by atoms with Gasteiger partial charge in [-0.15, -0.1) is 6.58 Å². The number of nitrogens with zero attached hydrogens (tertiary/aromatic N) is 2. The summed E-state index contributed by atoms with van der Waals surface area (Å²) in [6.07, 6.45) is 4.81. The molecular weight excluding hydrogens is 301 g/mol. The number of hydrogen-bond acceptors (Lipinski definition) is 1. The molecule has 0 amide bonds. The molecular formula is C17H23ClFN3. The number of rotatable bonds is 6. The van der Waals surface area contributed by atoms with Crippen LogP contribution in [0.1, 0.15) is 30.7 Å². The van der Waals surface area contributed by atoms with Crippen LogP contribution in [-0.2, 0) is 0 Å². The molecule has 0 saturated heterocycles. The zero-order chi connectivity index (χ0) is 16.1. The molecule has 120 valence electrons. The monoisotopic (exact) mass is 323 g/mol. The first-order chi connectivity index (χ1) is 10.6. The van der Waals surface area contributed by atoms with Crippen molar-refractivity contribution in [1.29, 1.82) is 0 Å². The third kappa shape index (κ3) is 4.01. The number of guanidine groups is 1. The van der Waals surface area contributed by atoms with Gasteiger partial charge in [0.25, 0.3) is 0 Å². The van der Waals surface area contributed by atoms with Crippen LogP contribution in [0.25, 0.3) is 0 Å². The molecule has 1 fully saturated rings. The second kappa shape index (κ2) is 7.63. The Morgan fingerprint density at radius 1 is 1.59 bits per heavy atom. The van der Waals surface area contributed by atoms with Crippen molar-refractivity contribution in [3.05, 3.63) is 47.3 Å². The minimum Gasteiger partial charge on any atom is -0.353 e. The second-order valence-corrected chi connectivity index (χ2v) is 6.04. The van der Waals surface area contributed by atoms with Gasteiger partial charge in [0, 0.05) is 43.2 Å². The maximum absolute atomic E-state index is 13.9. The van der Waals surface area contributed by atoms with E-state index in [1.54, 1.807) is 19.2 Å². The summed E-state index contributed by atoms with van der Waals surface area (Å²) in [7, 11) is 3.77. The zero-order valence-electron chi connectivity index (χ0n) is 13.1. The van der Waals surface area contributed by atoms with Gasteiger partial charge in [-0.05, 0) is 31.4 Å². The van der Waals surface area contributed by atoms with Crippen LogP contribution in [-0.4, -0.2) is 37.5 Å². The van der Waals surface area contributed by atoms with E-state index in [1.165, 1.54) is 6.07 Å². The van der Waals surface area contributed by atoms with Gasteiger partial charge in [-0.3, -0.25) is 4.99 Å². The lowest BCUT2D eigenvalue weighted by Crippen LogP contribution is -2.40. The summed E-state index contributed by atoms with van der Waals surface area (Å²) < 4.78 is 13.9. The van der Waals surface area contributed by atoms with Crippen LogP contribution in [0.3, 0.4) is 0 Å². The van der Waals surface area contributed by atoms with Gasteiger partial charge in [-0.2, -0.15) is 0 Å². The molecule has 1 aromatic carbocycles. The molecule has 1 N–H and O–H groups in total. The second-order valence-electron chi connectivity index (χ2n) is 5.63. The predicted octanol–water partition coefficient (Wildman–Crippen LogP) is 3.81. The summed E-state index contributed by atoms with van der Waals surface area (Å²) in [4.78, 5) is 6.38. The molecule has 0 radical (unpaired) electrons. The summed E-state index contributed by atoms with van der Waals surface area (Å²) in [5, 5.41) is 3.90. The summed E-state index contributed by atoms with van der Waals surface area (Å²) in [6.45, 7) is 4.63. The molecule has 3 nitrogen and oxygen atoms in total. The molecule has 0 aromatic heterocycles. The molecule has 0 aliphatic heterocycles. The van der Waals surface area contributed by atoms with Gasteiger partial charge in [-0.25, -0.2) is 4.39 Å². The standard InChI is InChI=1S/C17H23ClFN3/c1-4-5-6-10-22(3)17(20-2)21-15-11-12(15)16-13(18)8-7-9-14(16)19/h4,7-9,12,15H,1,5-6,10-11H2,2-3H3,(H,20,21). The Morgan fingerprint density at radius 2 is 2.36 bits per heavy atom. The lowest BCUT2D eigenvalue weighted by Gasteiger charge is -2.22. The van der Waals surface area contributed by atoms with Crippen molar-refractivity contribution in [3.8, 4) is 0 Å². The van der Waals surface area contributed by atoms with Gasteiger partial charge >= 0.3 is 0 Å². The molecule has 1 aliphatic carbocycles. The number of halogens is 2. The average molecular weight is 324 g/mol. The molecule has 1 aromatic rings. The highest BCUT2D eigenvalue weighted by atomic mass is 35.5. The highest BCUT2D eigenvalue weighted by Crippen LogP contribution is 2.44. The van der Waals surface area contributed by atoms with Crippen LogP contribution in [0.4, 0.5) is 4.39 Å². The van der Waals surface area contributed by atoms with Gasteiger partial charge in [0.1, 0.15) is 5.82 Å². The van der Waals surface area contributed by atoms with Crippen molar-refractivity contribution < 1.29 is 4.39 Å². The molecule has 2 atom stereocenters. The van der Waals surface area contributed by atoms with Crippen molar-refractivity contribution in [2.24, 2.45) is 4.99 Å². The normalized spacial score (nSPS) is 20.6. The first-order valence-corrected chi connectivity index (χ1v) is 7.95. The van der Waals surface area contributed by atoms with E-state index >= 15 is 0 Å². The van der Waals surface area contributed by atoms with E-state index < -0.39 is 0 Å². The van der Waals surface area contributed by atoms with Gasteiger partial charge < -0.3 is 10.2 Å². The quantitative estimate of drug-likeness (QED) is 0.373. The summed E-state index contributed by atoms with van der Waals surface area (Å²) >= 11 is 6.13. The third-order valence-corrected chi connectivity index (χ3v) is 4.28. The highest BCUT2D eigenvalue weighted by molar-refractivity contribution is 6.31. The Kier molecular flexibility index (Phi) is 5.83. The van der Waals surface area contributed by atoms with Gasteiger partial charge in [0.15, 0.2) is 5.96 Å². The maximum Gasteiger partial charge on any atom is 0.193 e. The lowest BCUT2D eigenvalue weighted by molar-refractivity contribution is 0.468. The van der Waals surface area contributed by atoms with Crippen LogP contribution < -0.4 is 5.32 Å². The molecule has 1 aliphatic rings. The smallest absolute Gasteiger partial charge is 0.193 e. The Morgan fingerprint density at radius 3 is 3.00 bits per heavy atom. The Labute approximate surface area is 136 Å². The molecule has 2 rings (SSSR count). The van der Waals surface area contributed by atoms with E-state index in [-0.39, 0.29) is 17.8 Å². The number of aliphatic imine (C=N–C) groups is 1. The first-order valence-electron chi connectivity index (χ1n) is 7.57. The fourth-order valence-corrected chi connectivity index (χ4v) is 2.93.